The molecule has 0 fully saturated rings. The largest absolute Gasteiger partial charge is 0.485 e. The summed E-state index contributed by atoms with van der Waals surface area (Å²) in [7, 11) is 0. The molecule has 142 valence electrons. The molecule has 2 aromatic rings. The fourth-order valence-electron chi connectivity index (χ4n) is 3.10. The number of aliphatic imine (C=N–C) groups is 1. The summed E-state index contributed by atoms with van der Waals surface area (Å²) in [6, 6.07) is 12.7. The van der Waals surface area contributed by atoms with Crippen LogP contribution in [0.25, 0.3) is 0 Å². The first kappa shape index (κ1) is 19.5. The Labute approximate surface area is 167 Å². The maximum Gasteiger partial charge on any atom is 0.210 e. The standard InChI is InChI=1S/C20H18ClN5O2/c1-20(2)18(27)17(15-8-12(10-22)6-7-16(15)28-20)26(11-23)19(24)25-14-5-3-4-13(21)9-14/h3-9,17-18,27H,1-2H3,(H2,24,25)/t17-,18+/m0/s1. The molecule has 28 heavy (non-hydrogen) atoms. The van der Waals surface area contributed by atoms with Crippen LogP contribution in [0.1, 0.15) is 31.0 Å². The molecule has 3 N–H and O–H groups in total. The Kier molecular flexibility index (Phi) is 5.15. The van der Waals surface area contributed by atoms with Crippen molar-refractivity contribution in [1.29, 1.82) is 10.5 Å². The van der Waals surface area contributed by atoms with E-state index in [9.17, 15) is 15.6 Å². The van der Waals surface area contributed by atoms with Crippen molar-refractivity contribution in [3.8, 4) is 18.0 Å². The monoisotopic (exact) mass is 395 g/mol. The van der Waals surface area contributed by atoms with Gasteiger partial charge in [-0.15, -0.1) is 0 Å². The number of nitrogens with two attached hydrogens (primary N) is 1. The number of ether oxygens (including phenoxy) is 1. The molecular formula is C20H18ClN5O2. The number of aliphatic hydroxyl groups excluding tert-OH is 1. The lowest BCUT2D eigenvalue weighted by Gasteiger charge is -2.44. The SMILES string of the molecule is CC1(C)Oc2ccc(C#N)cc2[C@H](N(C#N)C(N)=Nc2cccc(Cl)c2)[C@H]1O. The minimum atomic E-state index is -1.11. The van der Waals surface area contributed by atoms with Gasteiger partial charge < -0.3 is 15.6 Å². The van der Waals surface area contributed by atoms with E-state index < -0.39 is 17.7 Å². The van der Waals surface area contributed by atoms with Crippen LogP contribution >= 0.6 is 11.6 Å². The van der Waals surface area contributed by atoms with Gasteiger partial charge in [-0.3, -0.25) is 0 Å². The zero-order chi connectivity index (χ0) is 20.5. The number of aliphatic hydroxyl groups is 1. The summed E-state index contributed by atoms with van der Waals surface area (Å²) in [5.74, 6) is 0.356. The van der Waals surface area contributed by atoms with Crippen molar-refractivity contribution >= 4 is 23.2 Å². The molecule has 2 atom stereocenters. The highest BCUT2D eigenvalue weighted by Crippen LogP contribution is 2.43. The summed E-state index contributed by atoms with van der Waals surface area (Å²) in [6.07, 6.45) is 0.890. The van der Waals surface area contributed by atoms with Gasteiger partial charge in [0.25, 0.3) is 0 Å². The molecule has 8 heteroatoms. The van der Waals surface area contributed by atoms with Gasteiger partial charge in [-0.25, -0.2) is 9.89 Å². The maximum absolute atomic E-state index is 10.9. The second kappa shape index (κ2) is 7.40. The predicted octanol–water partition coefficient (Wildman–Crippen LogP) is 3.21. The van der Waals surface area contributed by atoms with Crippen molar-refractivity contribution in [1.82, 2.24) is 4.90 Å². The lowest BCUT2D eigenvalue weighted by atomic mass is 9.85. The number of hydrogen-bond donors (Lipinski definition) is 2. The highest BCUT2D eigenvalue weighted by molar-refractivity contribution is 6.30. The first-order chi connectivity index (χ1) is 13.3. The third-order valence-electron chi connectivity index (χ3n) is 4.53. The lowest BCUT2D eigenvalue weighted by Crippen LogP contribution is -2.54. The summed E-state index contributed by atoms with van der Waals surface area (Å²) >= 11 is 5.98. The molecule has 2 aromatic carbocycles. The van der Waals surface area contributed by atoms with E-state index in [1.165, 1.54) is 0 Å². The van der Waals surface area contributed by atoms with Crippen LogP contribution in [0.4, 0.5) is 5.69 Å². The number of nitriles is 2. The van der Waals surface area contributed by atoms with Gasteiger partial charge in [0.15, 0.2) is 6.19 Å². The van der Waals surface area contributed by atoms with E-state index in [0.29, 0.717) is 27.6 Å². The minimum Gasteiger partial charge on any atom is -0.485 e. The van der Waals surface area contributed by atoms with Crippen LogP contribution in [0.3, 0.4) is 0 Å². The Morgan fingerprint density at radius 2 is 2.04 bits per heavy atom. The molecular weight excluding hydrogens is 378 g/mol. The molecule has 0 radical (unpaired) electrons. The molecule has 0 amide bonds. The third kappa shape index (κ3) is 3.59. The number of nitrogens with zero attached hydrogens (tertiary/aromatic N) is 4. The zero-order valence-corrected chi connectivity index (χ0v) is 16.1. The maximum atomic E-state index is 10.9. The Hall–Kier alpha value is -3.26. The Morgan fingerprint density at radius 1 is 1.29 bits per heavy atom. The Morgan fingerprint density at radius 3 is 2.68 bits per heavy atom. The second-order valence-electron chi connectivity index (χ2n) is 6.88. The van der Waals surface area contributed by atoms with Crippen molar-refractivity contribution in [2.45, 2.75) is 31.6 Å². The molecule has 1 aliphatic heterocycles. The number of halogens is 1. The summed E-state index contributed by atoms with van der Waals surface area (Å²) in [6.45, 7) is 3.43. The second-order valence-corrected chi connectivity index (χ2v) is 7.32. The Balaban J connectivity index is 2.11. The fraction of sp³-hybridized carbons (Fsp3) is 0.250. The Bertz CT molecular complexity index is 1020. The molecule has 0 saturated carbocycles. The predicted molar refractivity (Wildman–Crippen MR) is 105 cm³/mol. The number of guanidine groups is 1. The molecule has 0 aromatic heterocycles. The van der Waals surface area contributed by atoms with Crippen LogP contribution in [-0.2, 0) is 0 Å². The highest BCUT2D eigenvalue weighted by atomic mass is 35.5. The van der Waals surface area contributed by atoms with Crippen LogP contribution in [0, 0.1) is 22.8 Å². The number of hydrogen-bond acceptors (Lipinski definition) is 5. The van der Waals surface area contributed by atoms with Gasteiger partial charge in [0.1, 0.15) is 23.5 Å². The van der Waals surface area contributed by atoms with Gasteiger partial charge in [-0.05, 0) is 50.2 Å². The van der Waals surface area contributed by atoms with E-state index in [2.05, 4.69) is 11.1 Å². The molecule has 0 aliphatic carbocycles. The van der Waals surface area contributed by atoms with E-state index in [4.69, 9.17) is 22.1 Å². The summed E-state index contributed by atoms with van der Waals surface area (Å²) < 4.78 is 5.88. The fourth-order valence-corrected chi connectivity index (χ4v) is 3.29. The van der Waals surface area contributed by atoms with E-state index in [1.807, 2.05) is 6.19 Å². The molecule has 1 heterocycles. The molecule has 0 saturated heterocycles. The van der Waals surface area contributed by atoms with Gasteiger partial charge in [-0.2, -0.15) is 10.5 Å². The minimum absolute atomic E-state index is 0.111. The van der Waals surface area contributed by atoms with Gasteiger partial charge in [0, 0.05) is 10.6 Å². The van der Waals surface area contributed by atoms with Gasteiger partial charge in [0.2, 0.25) is 5.96 Å². The number of benzene rings is 2. The van der Waals surface area contributed by atoms with E-state index >= 15 is 0 Å². The van der Waals surface area contributed by atoms with Crippen molar-refractivity contribution in [3.05, 3.63) is 58.6 Å². The third-order valence-corrected chi connectivity index (χ3v) is 4.76. The summed E-state index contributed by atoms with van der Waals surface area (Å²) in [5, 5.41) is 30.4. The molecule has 3 rings (SSSR count). The topological polar surface area (TPSA) is 119 Å². The van der Waals surface area contributed by atoms with Gasteiger partial charge in [-0.1, -0.05) is 17.7 Å². The van der Waals surface area contributed by atoms with Crippen molar-refractivity contribution in [3.63, 3.8) is 0 Å². The quantitative estimate of drug-likeness (QED) is 0.349. The molecule has 0 bridgehead atoms. The van der Waals surface area contributed by atoms with E-state index in [0.717, 1.165) is 4.90 Å². The van der Waals surface area contributed by atoms with Crippen LogP contribution in [0.5, 0.6) is 5.75 Å². The molecule has 7 nitrogen and oxygen atoms in total. The first-order valence-corrected chi connectivity index (χ1v) is 8.84. The molecule has 1 aliphatic rings. The van der Waals surface area contributed by atoms with Crippen LogP contribution in [-0.4, -0.2) is 27.7 Å². The smallest absolute Gasteiger partial charge is 0.210 e. The average Bonchev–Trinajstić information content (AvgIpc) is 2.65. The molecule has 0 spiro atoms. The number of rotatable bonds is 2. The van der Waals surface area contributed by atoms with Gasteiger partial charge in [0.05, 0.1) is 17.3 Å². The first-order valence-electron chi connectivity index (χ1n) is 8.46. The number of fused-ring (bicyclic) bond motifs is 1. The molecule has 0 unspecified atom stereocenters. The van der Waals surface area contributed by atoms with Crippen molar-refractivity contribution < 1.29 is 9.84 Å². The normalized spacial score (nSPS) is 20.3. The average molecular weight is 396 g/mol. The van der Waals surface area contributed by atoms with Crippen LogP contribution in [0.2, 0.25) is 5.02 Å². The van der Waals surface area contributed by atoms with Gasteiger partial charge >= 0.3 is 0 Å². The highest BCUT2D eigenvalue weighted by Gasteiger charge is 2.46. The lowest BCUT2D eigenvalue weighted by molar-refractivity contribution is -0.0751. The van der Waals surface area contributed by atoms with Crippen LogP contribution < -0.4 is 10.5 Å². The summed E-state index contributed by atoms with van der Waals surface area (Å²) in [4.78, 5) is 5.38. The van der Waals surface area contributed by atoms with E-state index in [1.54, 1.807) is 56.3 Å². The van der Waals surface area contributed by atoms with Crippen molar-refractivity contribution in [2.24, 2.45) is 10.7 Å². The van der Waals surface area contributed by atoms with E-state index in [-0.39, 0.29) is 5.96 Å². The van der Waals surface area contributed by atoms with Crippen molar-refractivity contribution in [2.75, 3.05) is 0 Å². The summed E-state index contributed by atoms with van der Waals surface area (Å²) in [5.41, 5.74) is 6.45. The van der Waals surface area contributed by atoms with Crippen LogP contribution in [0.15, 0.2) is 47.5 Å². The zero-order valence-electron chi connectivity index (χ0n) is 15.3.